The number of carboxylic acid groups (broad SMARTS) is 2. The van der Waals surface area contributed by atoms with E-state index in [1.807, 2.05) is 36.4 Å². The molecule has 0 radical (unpaired) electrons. The highest BCUT2D eigenvalue weighted by Crippen LogP contribution is 2.14. The van der Waals surface area contributed by atoms with Crippen LogP contribution in [-0.2, 0) is 22.7 Å². The number of hydrogen-bond acceptors (Lipinski definition) is 4. The Labute approximate surface area is 126 Å². The van der Waals surface area contributed by atoms with Crippen LogP contribution < -0.4 is 5.32 Å². The minimum absolute atomic E-state index is 0.720. The predicted octanol–water partition coefficient (Wildman–Crippen LogP) is 2.38. The molecular weight excluding hydrogens is 298 g/mol. The van der Waals surface area contributed by atoms with Crippen molar-refractivity contribution >= 4 is 23.5 Å². The molecule has 0 aliphatic rings. The van der Waals surface area contributed by atoms with Gasteiger partial charge in [-0.25, -0.2) is 9.59 Å². The Balaban J connectivity index is 0.000000315. The van der Waals surface area contributed by atoms with Gasteiger partial charge in [0.2, 0.25) is 0 Å². The van der Waals surface area contributed by atoms with E-state index in [9.17, 15) is 0 Å². The summed E-state index contributed by atoms with van der Waals surface area (Å²) < 4.78 is 5.21. The van der Waals surface area contributed by atoms with Crippen LogP contribution >= 0.6 is 11.6 Å². The Morgan fingerprint density at radius 3 is 2.24 bits per heavy atom. The van der Waals surface area contributed by atoms with Crippen molar-refractivity contribution in [2.24, 2.45) is 0 Å². The standard InChI is InChI=1S/C12H12ClNO.C2H2O4/c13-12-6-2-1-4-10(12)8-14-9-11-5-3-7-15-11;3-1(4)2(5)6/h1-7,14H,8-9H2;(H,3,4)(H,5,6). The van der Waals surface area contributed by atoms with Gasteiger partial charge in [-0.05, 0) is 23.8 Å². The molecule has 0 fully saturated rings. The third-order valence-electron chi connectivity index (χ3n) is 2.34. The van der Waals surface area contributed by atoms with Gasteiger partial charge in [-0.15, -0.1) is 0 Å². The first-order valence-electron chi connectivity index (χ1n) is 5.93. The lowest BCUT2D eigenvalue weighted by molar-refractivity contribution is -0.159. The van der Waals surface area contributed by atoms with Crippen LogP contribution in [-0.4, -0.2) is 22.2 Å². The summed E-state index contributed by atoms with van der Waals surface area (Å²) in [4.78, 5) is 18.2. The van der Waals surface area contributed by atoms with E-state index >= 15 is 0 Å². The van der Waals surface area contributed by atoms with Crippen molar-refractivity contribution in [1.82, 2.24) is 5.32 Å². The molecule has 1 aromatic carbocycles. The molecular formula is C14H14ClNO5. The normalized spacial score (nSPS) is 9.57. The third-order valence-corrected chi connectivity index (χ3v) is 2.70. The molecule has 0 spiro atoms. The van der Waals surface area contributed by atoms with Crippen LogP contribution in [0, 0.1) is 0 Å². The number of carbonyl (C=O) groups is 2. The Bertz CT molecular complexity index is 571. The molecule has 7 heteroatoms. The lowest BCUT2D eigenvalue weighted by Crippen LogP contribution is -2.12. The van der Waals surface area contributed by atoms with Crippen molar-refractivity contribution in [2.45, 2.75) is 13.1 Å². The van der Waals surface area contributed by atoms with Gasteiger partial charge in [0, 0.05) is 11.6 Å². The first-order chi connectivity index (χ1) is 10.0. The van der Waals surface area contributed by atoms with E-state index in [0.717, 1.165) is 29.4 Å². The minimum Gasteiger partial charge on any atom is -0.473 e. The Morgan fingerprint density at radius 2 is 1.71 bits per heavy atom. The van der Waals surface area contributed by atoms with Crippen molar-refractivity contribution in [3.05, 3.63) is 59.0 Å². The summed E-state index contributed by atoms with van der Waals surface area (Å²) >= 11 is 6.02. The maximum absolute atomic E-state index is 9.10. The van der Waals surface area contributed by atoms with Gasteiger partial charge in [0.05, 0.1) is 12.8 Å². The number of rotatable bonds is 4. The highest BCUT2D eigenvalue weighted by Gasteiger charge is 2.04. The van der Waals surface area contributed by atoms with E-state index in [-0.39, 0.29) is 0 Å². The Morgan fingerprint density at radius 1 is 1.05 bits per heavy atom. The van der Waals surface area contributed by atoms with E-state index in [4.69, 9.17) is 35.8 Å². The molecule has 3 N–H and O–H groups in total. The molecule has 6 nitrogen and oxygen atoms in total. The molecule has 0 bridgehead atoms. The van der Waals surface area contributed by atoms with Crippen LogP contribution in [0.25, 0.3) is 0 Å². The molecule has 0 saturated carbocycles. The molecule has 0 aliphatic heterocycles. The summed E-state index contributed by atoms with van der Waals surface area (Å²) in [7, 11) is 0. The average Bonchev–Trinajstić information content (AvgIpc) is 2.95. The second-order valence-electron chi connectivity index (χ2n) is 3.88. The van der Waals surface area contributed by atoms with E-state index in [1.165, 1.54) is 0 Å². The smallest absolute Gasteiger partial charge is 0.414 e. The monoisotopic (exact) mass is 311 g/mol. The summed E-state index contributed by atoms with van der Waals surface area (Å²) in [5.41, 5.74) is 1.10. The van der Waals surface area contributed by atoms with Crippen molar-refractivity contribution in [2.75, 3.05) is 0 Å². The second-order valence-corrected chi connectivity index (χ2v) is 4.29. The number of furan rings is 1. The topological polar surface area (TPSA) is 99.8 Å². The van der Waals surface area contributed by atoms with Crippen LogP contribution in [0.2, 0.25) is 5.02 Å². The van der Waals surface area contributed by atoms with Gasteiger partial charge in [0.1, 0.15) is 5.76 Å². The van der Waals surface area contributed by atoms with E-state index in [0.29, 0.717) is 0 Å². The fraction of sp³-hybridized carbons (Fsp3) is 0.143. The molecule has 0 atom stereocenters. The molecule has 2 aromatic rings. The van der Waals surface area contributed by atoms with E-state index in [2.05, 4.69) is 5.32 Å². The maximum atomic E-state index is 9.10. The number of nitrogens with one attached hydrogen (secondary N) is 1. The highest BCUT2D eigenvalue weighted by atomic mass is 35.5. The number of carboxylic acids is 2. The number of halogens is 1. The number of hydrogen-bond donors (Lipinski definition) is 3. The molecule has 1 heterocycles. The first-order valence-corrected chi connectivity index (χ1v) is 6.31. The van der Waals surface area contributed by atoms with Crippen LogP contribution in [0.4, 0.5) is 0 Å². The lowest BCUT2D eigenvalue weighted by atomic mass is 10.2. The predicted molar refractivity (Wildman–Crippen MR) is 76.0 cm³/mol. The van der Waals surface area contributed by atoms with Gasteiger partial charge in [-0.1, -0.05) is 29.8 Å². The summed E-state index contributed by atoms with van der Waals surface area (Å²) in [6.45, 7) is 1.47. The molecule has 0 saturated heterocycles. The SMILES string of the molecule is Clc1ccccc1CNCc1ccco1.O=C(O)C(=O)O. The van der Waals surface area contributed by atoms with Gasteiger partial charge >= 0.3 is 11.9 Å². The quantitative estimate of drug-likeness (QED) is 0.750. The van der Waals surface area contributed by atoms with Gasteiger partial charge < -0.3 is 19.9 Å². The highest BCUT2D eigenvalue weighted by molar-refractivity contribution is 6.31. The summed E-state index contributed by atoms with van der Waals surface area (Å²) in [6.07, 6.45) is 1.67. The minimum atomic E-state index is -1.82. The molecule has 2 rings (SSSR count). The van der Waals surface area contributed by atoms with Crippen LogP contribution in [0.1, 0.15) is 11.3 Å². The zero-order valence-corrected chi connectivity index (χ0v) is 11.7. The third kappa shape index (κ3) is 6.60. The number of aliphatic carboxylic acids is 2. The fourth-order valence-electron chi connectivity index (χ4n) is 1.38. The van der Waals surface area contributed by atoms with Gasteiger partial charge in [-0.3, -0.25) is 0 Å². The van der Waals surface area contributed by atoms with E-state index < -0.39 is 11.9 Å². The molecule has 1 aromatic heterocycles. The lowest BCUT2D eigenvalue weighted by Gasteiger charge is -2.04. The molecule has 112 valence electrons. The van der Waals surface area contributed by atoms with Gasteiger partial charge in [0.25, 0.3) is 0 Å². The zero-order valence-electron chi connectivity index (χ0n) is 11.0. The Kier molecular flexibility index (Phi) is 7.00. The van der Waals surface area contributed by atoms with E-state index in [1.54, 1.807) is 6.26 Å². The van der Waals surface area contributed by atoms with Crippen LogP contribution in [0.5, 0.6) is 0 Å². The molecule has 0 aliphatic carbocycles. The van der Waals surface area contributed by atoms with Crippen molar-refractivity contribution in [1.29, 1.82) is 0 Å². The largest absolute Gasteiger partial charge is 0.473 e. The fourth-order valence-corrected chi connectivity index (χ4v) is 1.58. The molecule has 0 amide bonds. The maximum Gasteiger partial charge on any atom is 0.414 e. The molecule has 0 unspecified atom stereocenters. The van der Waals surface area contributed by atoms with Crippen LogP contribution in [0.15, 0.2) is 47.1 Å². The molecule has 21 heavy (non-hydrogen) atoms. The summed E-state index contributed by atoms with van der Waals surface area (Å²) in [5, 5.41) is 18.8. The van der Waals surface area contributed by atoms with Crippen molar-refractivity contribution in [3.63, 3.8) is 0 Å². The van der Waals surface area contributed by atoms with Gasteiger partial charge in [0.15, 0.2) is 0 Å². The Hall–Kier alpha value is -2.31. The van der Waals surface area contributed by atoms with Crippen molar-refractivity contribution in [3.8, 4) is 0 Å². The average molecular weight is 312 g/mol. The number of benzene rings is 1. The second kappa shape index (κ2) is 8.78. The summed E-state index contributed by atoms with van der Waals surface area (Å²) in [5.74, 6) is -2.72. The summed E-state index contributed by atoms with van der Waals surface area (Å²) in [6, 6.07) is 11.6. The van der Waals surface area contributed by atoms with Gasteiger partial charge in [-0.2, -0.15) is 0 Å². The van der Waals surface area contributed by atoms with Crippen molar-refractivity contribution < 1.29 is 24.2 Å². The van der Waals surface area contributed by atoms with Crippen LogP contribution in [0.3, 0.4) is 0 Å². The first kappa shape index (κ1) is 16.7. The zero-order chi connectivity index (χ0) is 15.7.